The summed E-state index contributed by atoms with van der Waals surface area (Å²) >= 11 is 0. The molecule has 84 valence electrons. The monoisotopic (exact) mass is 218 g/mol. The highest BCUT2D eigenvalue weighted by molar-refractivity contribution is 5.73. The quantitative estimate of drug-likeness (QED) is 0.827. The molecule has 0 unspecified atom stereocenters. The molecule has 0 aliphatic rings. The van der Waals surface area contributed by atoms with Gasteiger partial charge in [-0.15, -0.1) is 0 Å². The summed E-state index contributed by atoms with van der Waals surface area (Å²) in [6.07, 6.45) is 1.64. The normalized spacial score (nSPS) is 10.4. The van der Waals surface area contributed by atoms with Crippen molar-refractivity contribution in [2.75, 3.05) is 12.8 Å². The number of nitrogen functional groups attached to an aromatic ring is 1. The number of hydrogen-bond donors (Lipinski definition) is 1. The van der Waals surface area contributed by atoms with Crippen molar-refractivity contribution in [3.8, 4) is 17.1 Å². The molecule has 2 aromatic heterocycles. The molecule has 0 radical (unpaired) electrons. The molecule has 0 aliphatic carbocycles. The number of methoxy groups -OCH3 is 1. The third-order valence-electron chi connectivity index (χ3n) is 2.38. The van der Waals surface area contributed by atoms with Crippen LogP contribution in [0.1, 0.15) is 5.69 Å². The van der Waals surface area contributed by atoms with E-state index < -0.39 is 0 Å². The van der Waals surface area contributed by atoms with E-state index in [-0.39, 0.29) is 0 Å². The summed E-state index contributed by atoms with van der Waals surface area (Å²) < 4.78 is 6.87. The first-order chi connectivity index (χ1) is 7.61. The maximum absolute atomic E-state index is 5.87. The first kappa shape index (κ1) is 10.5. The van der Waals surface area contributed by atoms with Crippen LogP contribution in [0.15, 0.2) is 18.3 Å². The SMILES string of the molecule is COc1cc(-c2c(N)cnn2C)cc(C)n1. The standard InChI is InChI=1S/C11H14N4O/c1-7-4-8(5-10(14-7)16-3)11-9(12)6-13-15(11)2/h4-6H,12H2,1-3H3. The van der Waals surface area contributed by atoms with Gasteiger partial charge in [-0.05, 0) is 13.0 Å². The van der Waals surface area contributed by atoms with Crippen molar-refractivity contribution in [2.45, 2.75) is 6.92 Å². The summed E-state index contributed by atoms with van der Waals surface area (Å²) in [5.74, 6) is 0.579. The van der Waals surface area contributed by atoms with Gasteiger partial charge in [0.2, 0.25) is 5.88 Å². The van der Waals surface area contributed by atoms with Crippen molar-refractivity contribution in [2.24, 2.45) is 7.05 Å². The molecule has 0 saturated heterocycles. The molecule has 0 bridgehead atoms. The van der Waals surface area contributed by atoms with E-state index in [0.29, 0.717) is 11.6 Å². The zero-order valence-electron chi connectivity index (χ0n) is 9.56. The van der Waals surface area contributed by atoms with Crippen molar-refractivity contribution in [1.29, 1.82) is 0 Å². The zero-order valence-corrected chi connectivity index (χ0v) is 9.56. The number of pyridine rings is 1. The number of aromatic nitrogens is 3. The maximum atomic E-state index is 5.87. The average Bonchev–Trinajstić information content (AvgIpc) is 2.57. The first-order valence-corrected chi connectivity index (χ1v) is 4.92. The molecule has 16 heavy (non-hydrogen) atoms. The number of nitrogens with two attached hydrogens (primary N) is 1. The number of hydrogen-bond acceptors (Lipinski definition) is 4. The van der Waals surface area contributed by atoms with Gasteiger partial charge >= 0.3 is 0 Å². The Labute approximate surface area is 93.9 Å². The zero-order chi connectivity index (χ0) is 11.7. The van der Waals surface area contributed by atoms with Crippen LogP contribution in [0.4, 0.5) is 5.69 Å². The van der Waals surface area contributed by atoms with Gasteiger partial charge in [-0.1, -0.05) is 0 Å². The van der Waals surface area contributed by atoms with Gasteiger partial charge in [0.15, 0.2) is 0 Å². The molecule has 0 fully saturated rings. The van der Waals surface area contributed by atoms with Gasteiger partial charge in [-0.25, -0.2) is 4.98 Å². The van der Waals surface area contributed by atoms with Crippen LogP contribution in [0, 0.1) is 6.92 Å². The second-order valence-electron chi connectivity index (χ2n) is 3.61. The summed E-state index contributed by atoms with van der Waals surface area (Å²) in [5.41, 5.74) is 9.24. The van der Waals surface area contributed by atoms with Crippen LogP contribution in [0.3, 0.4) is 0 Å². The minimum atomic E-state index is 0.579. The van der Waals surface area contributed by atoms with Crippen molar-refractivity contribution in [3.63, 3.8) is 0 Å². The molecule has 0 atom stereocenters. The smallest absolute Gasteiger partial charge is 0.213 e. The maximum Gasteiger partial charge on any atom is 0.213 e. The Balaban J connectivity index is 2.60. The van der Waals surface area contributed by atoms with E-state index in [1.165, 1.54) is 0 Å². The summed E-state index contributed by atoms with van der Waals surface area (Å²) in [6.45, 7) is 1.92. The fraction of sp³-hybridized carbons (Fsp3) is 0.273. The molecule has 0 aromatic carbocycles. The molecule has 5 heteroatoms. The molecular formula is C11H14N4O. The van der Waals surface area contributed by atoms with E-state index in [1.807, 2.05) is 26.1 Å². The number of ether oxygens (including phenoxy) is 1. The van der Waals surface area contributed by atoms with Crippen LogP contribution in [-0.2, 0) is 7.05 Å². The summed E-state index contributed by atoms with van der Waals surface area (Å²) in [4.78, 5) is 4.23. The van der Waals surface area contributed by atoms with Gasteiger partial charge in [0.05, 0.1) is 24.7 Å². The van der Waals surface area contributed by atoms with Crippen LogP contribution in [0.5, 0.6) is 5.88 Å². The molecule has 2 rings (SSSR count). The lowest BCUT2D eigenvalue weighted by molar-refractivity contribution is 0.397. The number of nitrogens with zero attached hydrogens (tertiary/aromatic N) is 3. The highest BCUT2D eigenvalue weighted by Crippen LogP contribution is 2.27. The van der Waals surface area contributed by atoms with Crippen molar-refractivity contribution < 1.29 is 4.74 Å². The second kappa shape index (κ2) is 3.84. The summed E-state index contributed by atoms with van der Waals surface area (Å²) in [7, 11) is 3.45. The lowest BCUT2D eigenvalue weighted by atomic mass is 10.1. The van der Waals surface area contributed by atoms with Crippen LogP contribution >= 0.6 is 0 Å². The minimum absolute atomic E-state index is 0.579. The van der Waals surface area contributed by atoms with Gasteiger partial charge < -0.3 is 10.5 Å². The van der Waals surface area contributed by atoms with Gasteiger partial charge in [-0.3, -0.25) is 4.68 Å². The molecule has 5 nitrogen and oxygen atoms in total. The van der Waals surface area contributed by atoms with Crippen LogP contribution in [0.2, 0.25) is 0 Å². The Kier molecular flexibility index (Phi) is 2.52. The van der Waals surface area contributed by atoms with E-state index in [2.05, 4.69) is 10.1 Å². The van der Waals surface area contributed by atoms with E-state index in [0.717, 1.165) is 17.0 Å². The first-order valence-electron chi connectivity index (χ1n) is 4.92. The van der Waals surface area contributed by atoms with E-state index >= 15 is 0 Å². The predicted molar refractivity (Wildman–Crippen MR) is 62.1 cm³/mol. The Morgan fingerprint density at radius 2 is 2.12 bits per heavy atom. The molecule has 0 saturated carbocycles. The van der Waals surface area contributed by atoms with Gasteiger partial charge in [0, 0.05) is 24.4 Å². The Bertz CT molecular complexity index is 499. The molecule has 2 N–H and O–H groups in total. The molecule has 0 spiro atoms. The fourth-order valence-electron chi connectivity index (χ4n) is 1.69. The van der Waals surface area contributed by atoms with Crippen LogP contribution in [0.25, 0.3) is 11.3 Å². The van der Waals surface area contributed by atoms with Gasteiger partial charge in [0.25, 0.3) is 0 Å². The van der Waals surface area contributed by atoms with Crippen molar-refractivity contribution in [3.05, 3.63) is 24.0 Å². The van der Waals surface area contributed by atoms with Gasteiger partial charge in [-0.2, -0.15) is 5.10 Å². The fourth-order valence-corrected chi connectivity index (χ4v) is 1.69. The topological polar surface area (TPSA) is 66.0 Å². The third-order valence-corrected chi connectivity index (χ3v) is 2.38. The van der Waals surface area contributed by atoms with Crippen LogP contribution in [-0.4, -0.2) is 21.9 Å². The molecule has 0 aliphatic heterocycles. The van der Waals surface area contributed by atoms with E-state index in [9.17, 15) is 0 Å². The predicted octanol–water partition coefficient (Wildman–Crippen LogP) is 1.38. The number of aryl methyl sites for hydroxylation is 2. The lowest BCUT2D eigenvalue weighted by Crippen LogP contribution is -1.98. The van der Waals surface area contributed by atoms with Crippen LogP contribution < -0.4 is 10.5 Å². The Morgan fingerprint density at radius 1 is 1.38 bits per heavy atom. The Hall–Kier alpha value is -2.04. The highest BCUT2D eigenvalue weighted by Gasteiger charge is 2.10. The van der Waals surface area contributed by atoms with E-state index in [4.69, 9.17) is 10.5 Å². The summed E-state index contributed by atoms with van der Waals surface area (Å²) in [6, 6.07) is 3.80. The number of anilines is 1. The molecule has 0 amide bonds. The molecule has 2 heterocycles. The Morgan fingerprint density at radius 3 is 2.69 bits per heavy atom. The largest absolute Gasteiger partial charge is 0.481 e. The second-order valence-corrected chi connectivity index (χ2v) is 3.61. The minimum Gasteiger partial charge on any atom is -0.481 e. The summed E-state index contributed by atoms with van der Waals surface area (Å²) in [5, 5.41) is 4.11. The number of rotatable bonds is 2. The molecule has 2 aromatic rings. The third kappa shape index (κ3) is 1.71. The van der Waals surface area contributed by atoms with Gasteiger partial charge in [0.1, 0.15) is 0 Å². The van der Waals surface area contributed by atoms with Crippen molar-refractivity contribution >= 4 is 5.69 Å². The average molecular weight is 218 g/mol. The van der Waals surface area contributed by atoms with E-state index in [1.54, 1.807) is 18.0 Å². The molecular weight excluding hydrogens is 204 g/mol. The van der Waals surface area contributed by atoms with Crippen molar-refractivity contribution in [1.82, 2.24) is 14.8 Å². The lowest BCUT2D eigenvalue weighted by Gasteiger charge is -2.07. The highest BCUT2D eigenvalue weighted by atomic mass is 16.5.